The van der Waals surface area contributed by atoms with Crippen LogP contribution in [0.25, 0.3) is 5.52 Å². The van der Waals surface area contributed by atoms with Crippen LogP contribution in [-0.4, -0.2) is 9.61 Å². The van der Waals surface area contributed by atoms with E-state index in [0.29, 0.717) is 0 Å². The van der Waals surface area contributed by atoms with E-state index in [-0.39, 0.29) is 10.9 Å². The van der Waals surface area contributed by atoms with E-state index in [1.807, 2.05) is 0 Å². The number of H-pyrrole nitrogens is 1. The highest BCUT2D eigenvalue weighted by atomic mass is 19.1. The van der Waals surface area contributed by atoms with E-state index in [1.165, 1.54) is 29.0 Å². The fourth-order valence-corrected chi connectivity index (χ4v) is 1.02. The first-order chi connectivity index (χ1) is 5.29. The molecule has 3 nitrogen and oxygen atoms in total. The number of aromatic amines is 1. The number of hydrogen-bond donors (Lipinski definition) is 1. The number of nitrogens with zero attached hydrogens (tertiary/aromatic N) is 1. The van der Waals surface area contributed by atoms with E-state index in [1.54, 1.807) is 0 Å². The Balaban J connectivity index is 3.08. The molecule has 2 rings (SSSR count). The minimum absolute atomic E-state index is 0.0625. The van der Waals surface area contributed by atoms with Crippen molar-refractivity contribution in [2.75, 3.05) is 0 Å². The van der Waals surface area contributed by atoms with Gasteiger partial charge in [0.2, 0.25) is 5.43 Å². The van der Waals surface area contributed by atoms with Gasteiger partial charge >= 0.3 is 0 Å². The van der Waals surface area contributed by atoms with E-state index in [0.717, 1.165) is 0 Å². The summed E-state index contributed by atoms with van der Waals surface area (Å²) in [6.45, 7) is 0. The van der Waals surface area contributed by atoms with Crippen LogP contribution in [0.4, 0.5) is 4.39 Å². The molecule has 0 saturated heterocycles. The van der Waals surface area contributed by atoms with E-state index >= 15 is 0 Å². The Labute approximate surface area is 61.1 Å². The summed E-state index contributed by atoms with van der Waals surface area (Å²) in [6.07, 6.45) is 2.93. The summed E-state index contributed by atoms with van der Waals surface area (Å²) in [5.74, 6) is -0.494. The Bertz CT molecular complexity index is 443. The predicted molar refractivity (Wildman–Crippen MR) is 38.0 cm³/mol. The molecule has 0 aliphatic rings. The van der Waals surface area contributed by atoms with Gasteiger partial charge in [-0.1, -0.05) is 0 Å². The second-order valence-electron chi connectivity index (χ2n) is 2.21. The minimum atomic E-state index is -0.494. The molecule has 11 heavy (non-hydrogen) atoms. The van der Waals surface area contributed by atoms with Crippen LogP contribution in [0.15, 0.2) is 29.3 Å². The van der Waals surface area contributed by atoms with Gasteiger partial charge in [-0.15, -0.1) is 0 Å². The van der Waals surface area contributed by atoms with Gasteiger partial charge in [-0.25, -0.2) is 4.39 Å². The van der Waals surface area contributed by atoms with E-state index in [9.17, 15) is 9.18 Å². The third-order valence-electron chi connectivity index (χ3n) is 1.52. The van der Waals surface area contributed by atoms with Crippen LogP contribution in [0.3, 0.4) is 0 Å². The fourth-order valence-electron chi connectivity index (χ4n) is 1.02. The molecular weight excluding hydrogens is 147 g/mol. The van der Waals surface area contributed by atoms with Crippen LogP contribution >= 0.6 is 0 Å². The van der Waals surface area contributed by atoms with Crippen LogP contribution in [-0.2, 0) is 0 Å². The summed E-state index contributed by atoms with van der Waals surface area (Å²) in [6, 6.07) is 2.53. The standard InChI is InChI=1S/C7H5FN2O/c8-5-2-4-10-7(5)6(11)1-3-9-10/h1-4,9H. The lowest BCUT2D eigenvalue weighted by atomic mass is 10.4. The Morgan fingerprint density at radius 3 is 3.00 bits per heavy atom. The third kappa shape index (κ3) is 0.756. The fraction of sp³-hybridized carbons (Fsp3) is 0. The molecule has 0 aliphatic heterocycles. The van der Waals surface area contributed by atoms with E-state index < -0.39 is 5.82 Å². The Kier molecular flexibility index (Phi) is 1.09. The first-order valence-electron chi connectivity index (χ1n) is 3.13. The van der Waals surface area contributed by atoms with Crippen molar-refractivity contribution in [3.63, 3.8) is 0 Å². The summed E-state index contributed by atoms with van der Waals surface area (Å²) < 4.78 is 14.1. The van der Waals surface area contributed by atoms with Crippen LogP contribution in [0.5, 0.6) is 0 Å². The lowest BCUT2D eigenvalue weighted by Gasteiger charge is -1.90. The number of hydrogen-bond acceptors (Lipinski definition) is 1. The highest BCUT2D eigenvalue weighted by molar-refractivity contribution is 5.46. The Morgan fingerprint density at radius 2 is 2.27 bits per heavy atom. The molecule has 2 aromatic heterocycles. The largest absolute Gasteiger partial charge is 0.301 e. The monoisotopic (exact) mass is 152 g/mol. The van der Waals surface area contributed by atoms with Crippen molar-refractivity contribution >= 4 is 5.52 Å². The van der Waals surface area contributed by atoms with E-state index in [2.05, 4.69) is 5.10 Å². The van der Waals surface area contributed by atoms with Gasteiger partial charge in [0, 0.05) is 18.5 Å². The van der Waals surface area contributed by atoms with Gasteiger partial charge in [-0.2, -0.15) is 0 Å². The summed E-state index contributed by atoms with van der Waals surface area (Å²) >= 11 is 0. The van der Waals surface area contributed by atoms with Crippen LogP contribution in [0.1, 0.15) is 0 Å². The zero-order chi connectivity index (χ0) is 7.84. The first-order valence-corrected chi connectivity index (χ1v) is 3.13. The number of fused-ring (bicyclic) bond motifs is 1. The average molecular weight is 152 g/mol. The molecule has 0 radical (unpaired) electrons. The highest BCUT2D eigenvalue weighted by Gasteiger charge is 2.03. The van der Waals surface area contributed by atoms with E-state index in [4.69, 9.17) is 0 Å². The van der Waals surface area contributed by atoms with Crippen molar-refractivity contribution in [1.82, 2.24) is 9.61 Å². The summed E-state index contributed by atoms with van der Waals surface area (Å²) in [5, 5.41) is 2.69. The van der Waals surface area contributed by atoms with Crippen molar-refractivity contribution < 1.29 is 4.39 Å². The molecule has 0 saturated carbocycles. The second kappa shape index (κ2) is 1.95. The molecule has 56 valence electrons. The molecule has 0 fully saturated rings. The molecular formula is C7H5FN2O. The zero-order valence-corrected chi connectivity index (χ0v) is 5.54. The molecule has 0 amide bonds. The second-order valence-corrected chi connectivity index (χ2v) is 2.21. The van der Waals surface area contributed by atoms with Crippen LogP contribution in [0, 0.1) is 5.82 Å². The van der Waals surface area contributed by atoms with Gasteiger partial charge in [0.1, 0.15) is 5.52 Å². The van der Waals surface area contributed by atoms with Gasteiger partial charge in [-0.3, -0.25) is 9.31 Å². The van der Waals surface area contributed by atoms with Gasteiger partial charge in [0.15, 0.2) is 5.82 Å². The molecule has 2 heterocycles. The maximum atomic E-state index is 12.8. The molecule has 1 N–H and O–H groups in total. The summed E-state index contributed by atoms with van der Waals surface area (Å²) in [5.41, 5.74) is -0.251. The molecule has 0 aliphatic carbocycles. The normalized spacial score (nSPS) is 10.6. The summed E-state index contributed by atoms with van der Waals surface area (Å²) in [4.78, 5) is 11.0. The third-order valence-corrected chi connectivity index (χ3v) is 1.52. The van der Waals surface area contributed by atoms with Crippen molar-refractivity contribution in [2.45, 2.75) is 0 Å². The molecule has 2 aromatic rings. The minimum Gasteiger partial charge on any atom is -0.301 e. The topological polar surface area (TPSA) is 37.3 Å². The van der Waals surface area contributed by atoms with Crippen molar-refractivity contribution in [2.24, 2.45) is 0 Å². The smallest absolute Gasteiger partial charge is 0.208 e. The average Bonchev–Trinajstić information content (AvgIpc) is 2.34. The van der Waals surface area contributed by atoms with Gasteiger partial charge in [0.25, 0.3) is 0 Å². The first kappa shape index (κ1) is 6.15. The highest BCUT2D eigenvalue weighted by Crippen LogP contribution is 2.02. The molecule has 4 heteroatoms. The van der Waals surface area contributed by atoms with Gasteiger partial charge in [-0.05, 0) is 6.07 Å². The number of rotatable bonds is 0. The van der Waals surface area contributed by atoms with Gasteiger partial charge < -0.3 is 5.10 Å². The lowest BCUT2D eigenvalue weighted by molar-refractivity contribution is 0.638. The van der Waals surface area contributed by atoms with Crippen molar-refractivity contribution in [3.05, 3.63) is 40.6 Å². The zero-order valence-electron chi connectivity index (χ0n) is 5.54. The van der Waals surface area contributed by atoms with Gasteiger partial charge in [0.05, 0.1) is 0 Å². The molecule has 0 unspecified atom stereocenters. The number of nitrogens with one attached hydrogen (secondary N) is 1. The maximum absolute atomic E-state index is 12.8. The van der Waals surface area contributed by atoms with Crippen molar-refractivity contribution in [1.29, 1.82) is 0 Å². The SMILES string of the molecule is O=c1cc[nH]n2ccc(F)c12. The molecule has 0 spiro atoms. The lowest BCUT2D eigenvalue weighted by Crippen LogP contribution is -2.05. The molecule has 0 aromatic carbocycles. The van der Waals surface area contributed by atoms with Crippen molar-refractivity contribution in [3.8, 4) is 0 Å². The maximum Gasteiger partial charge on any atom is 0.208 e. The van der Waals surface area contributed by atoms with Crippen LogP contribution < -0.4 is 5.43 Å². The number of halogens is 1. The van der Waals surface area contributed by atoms with Crippen LogP contribution in [0.2, 0.25) is 0 Å². The summed E-state index contributed by atoms with van der Waals surface area (Å²) in [7, 11) is 0. The molecule has 0 atom stereocenters. The quantitative estimate of drug-likeness (QED) is 0.594. The Hall–Kier alpha value is -1.58. The predicted octanol–water partition coefficient (Wildman–Crippen LogP) is 0.767. The number of aromatic nitrogens is 2. The molecule has 0 bridgehead atoms. The Morgan fingerprint density at radius 1 is 1.45 bits per heavy atom.